The summed E-state index contributed by atoms with van der Waals surface area (Å²) < 4.78 is 4.93. The monoisotopic (exact) mass is 193 g/mol. The van der Waals surface area contributed by atoms with Crippen molar-refractivity contribution in [3.63, 3.8) is 0 Å². The fourth-order valence-corrected chi connectivity index (χ4v) is 1.27. The standard InChI is InChI=1S/C11H15NO2/c1-8-3-4-10(9(2)7-8)11(13)14-6-5-12/h3-4,7H,5-6,12H2,1-2H3. The van der Waals surface area contributed by atoms with Gasteiger partial charge in [-0.05, 0) is 25.5 Å². The van der Waals surface area contributed by atoms with Gasteiger partial charge in [-0.25, -0.2) is 4.79 Å². The molecule has 2 N–H and O–H groups in total. The van der Waals surface area contributed by atoms with Crippen molar-refractivity contribution >= 4 is 5.97 Å². The van der Waals surface area contributed by atoms with Crippen molar-refractivity contribution in [3.05, 3.63) is 34.9 Å². The predicted octanol–water partition coefficient (Wildman–Crippen LogP) is 1.42. The fourth-order valence-electron chi connectivity index (χ4n) is 1.27. The van der Waals surface area contributed by atoms with Crippen LogP contribution in [0.1, 0.15) is 21.5 Å². The highest BCUT2D eigenvalue weighted by Gasteiger charge is 2.09. The molecule has 0 aromatic heterocycles. The molecule has 0 amide bonds. The highest BCUT2D eigenvalue weighted by Crippen LogP contribution is 2.11. The van der Waals surface area contributed by atoms with Gasteiger partial charge in [0.15, 0.2) is 0 Å². The summed E-state index contributed by atoms with van der Waals surface area (Å²) in [6, 6.07) is 5.63. The molecule has 0 atom stereocenters. The van der Waals surface area contributed by atoms with Crippen LogP contribution in [0.5, 0.6) is 0 Å². The second-order valence-corrected chi connectivity index (χ2v) is 3.24. The molecule has 1 aromatic rings. The van der Waals surface area contributed by atoms with Crippen molar-refractivity contribution in [1.82, 2.24) is 0 Å². The molecule has 0 aliphatic rings. The van der Waals surface area contributed by atoms with Crippen molar-refractivity contribution in [1.29, 1.82) is 0 Å². The molecule has 3 nitrogen and oxygen atoms in total. The lowest BCUT2D eigenvalue weighted by molar-refractivity contribution is 0.0516. The molecule has 0 saturated carbocycles. The molecule has 0 heterocycles. The van der Waals surface area contributed by atoms with Crippen molar-refractivity contribution < 1.29 is 9.53 Å². The van der Waals surface area contributed by atoms with Crippen molar-refractivity contribution in [3.8, 4) is 0 Å². The smallest absolute Gasteiger partial charge is 0.338 e. The Morgan fingerprint density at radius 1 is 1.43 bits per heavy atom. The normalized spacial score (nSPS) is 9.93. The number of aryl methyl sites for hydroxylation is 2. The molecule has 0 fully saturated rings. The van der Waals surface area contributed by atoms with Gasteiger partial charge in [-0.1, -0.05) is 17.7 Å². The molecule has 0 aliphatic carbocycles. The maximum absolute atomic E-state index is 11.5. The first-order valence-corrected chi connectivity index (χ1v) is 4.59. The van der Waals surface area contributed by atoms with Crippen LogP contribution in [0.4, 0.5) is 0 Å². The molecular formula is C11H15NO2. The van der Waals surface area contributed by atoms with Gasteiger partial charge in [0.1, 0.15) is 6.61 Å². The van der Waals surface area contributed by atoms with Gasteiger partial charge >= 0.3 is 5.97 Å². The lowest BCUT2D eigenvalue weighted by Crippen LogP contribution is -2.14. The Kier molecular flexibility index (Phi) is 3.65. The van der Waals surface area contributed by atoms with Crippen molar-refractivity contribution in [2.45, 2.75) is 13.8 Å². The maximum Gasteiger partial charge on any atom is 0.338 e. The summed E-state index contributed by atoms with van der Waals surface area (Å²) in [7, 11) is 0. The number of hydrogen-bond donors (Lipinski definition) is 1. The Bertz CT molecular complexity index is 334. The van der Waals surface area contributed by atoms with E-state index in [4.69, 9.17) is 10.5 Å². The van der Waals surface area contributed by atoms with E-state index in [1.165, 1.54) is 0 Å². The summed E-state index contributed by atoms with van der Waals surface area (Å²) in [5.74, 6) is -0.298. The summed E-state index contributed by atoms with van der Waals surface area (Å²) in [4.78, 5) is 11.5. The summed E-state index contributed by atoms with van der Waals surface area (Å²) in [6.07, 6.45) is 0. The van der Waals surface area contributed by atoms with E-state index in [-0.39, 0.29) is 12.6 Å². The maximum atomic E-state index is 11.5. The second kappa shape index (κ2) is 4.77. The zero-order chi connectivity index (χ0) is 10.6. The van der Waals surface area contributed by atoms with E-state index in [1.54, 1.807) is 6.07 Å². The van der Waals surface area contributed by atoms with E-state index in [0.717, 1.165) is 11.1 Å². The summed E-state index contributed by atoms with van der Waals surface area (Å²) in [5.41, 5.74) is 7.93. The third kappa shape index (κ3) is 2.57. The number of esters is 1. The Morgan fingerprint density at radius 2 is 2.14 bits per heavy atom. The van der Waals surface area contributed by atoms with Gasteiger partial charge in [0.2, 0.25) is 0 Å². The number of hydrogen-bond acceptors (Lipinski definition) is 3. The summed E-state index contributed by atoms with van der Waals surface area (Å²) >= 11 is 0. The van der Waals surface area contributed by atoms with E-state index in [1.807, 2.05) is 26.0 Å². The number of rotatable bonds is 3. The summed E-state index contributed by atoms with van der Waals surface area (Å²) in [6.45, 7) is 4.51. The van der Waals surface area contributed by atoms with Gasteiger partial charge in [-0.2, -0.15) is 0 Å². The lowest BCUT2D eigenvalue weighted by Gasteiger charge is -2.06. The van der Waals surface area contributed by atoms with Gasteiger partial charge in [0.25, 0.3) is 0 Å². The zero-order valence-corrected chi connectivity index (χ0v) is 8.54. The number of carbonyl (C=O) groups is 1. The molecule has 0 spiro atoms. The quantitative estimate of drug-likeness (QED) is 0.738. The minimum Gasteiger partial charge on any atom is -0.461 e. The van der Waals surface area contributed by atoms with E-state index in [2.05, 4.69) is 0 Å². The Morgan fingerprint density at radius 3 is 2.71 bits per heavy atom. The van der Waals surface area contributed by atoms with Crippen LogP contribution in [0.15, 0.2) is 18.2 Å². The van der Waals surface area contributed by atoms with Crippen LogP contribution in [0.3, 0.4) is 0 Å². The van der Waals surface area contributed by atoms with Crippen LogP contribution >= 0.6 is 0 Å². The van der Waals surface area contributed by atoms with E-state index < -0.39 is 0 Å². The van der Waals surface area contributed by atoms with Crippen LogP contribution in [-0.4, -0.2) is 19.1 Å². The van der Waals surface area contributed by atoms with Crippen LogP contribution in [0, 0.1) is 13.8 Å². The van der Waals surface area contributed by atoms with Crippen LogP contribution in [0.2, 0.25) is 0 Å². The largest absolute Gasteiger partial charge is 0.461 e. The molecule has 0 aliphatic heterocycles. The Balaban J connectivity index is 2.80. The Labute approximate surface area is 83.9 Å². The first-order valence-electron chi connectivity index (χ1n) is 4.59. The first kappa shape index (κ1) is 10.7. The molecule has 14 heavy (non-hydrogen) atoms. The zero-order valence-electron chi connectivity index (χ0n) is 8.54. The van der Waals surface area contributed by atoms with Gasteiger partial charge < -0.3 is 10.5 Å². The molecule has 1 rings (SSSR count). The second-order valence-electron chi connectivity index (χ2n) is 3.24. The average molecular weight is 193 g/mol. The molecule has 1 aromatic carbocycles. The minimum atomic E-state index is -0.298. The van der Waals surface area contributed by atoms with Crippen molar-refractivity contribution in [2.24, 2.45) is 5.73 Å². The van der Waals surface area contributed by atoms with Gasteiger partial charge in [0, 0.05) is 6.54 Å². The molecule has 0 radical (unpaired) electrons. The molecule has 3 heteroatoms. The molecular weight excluding hydrogens is 178 g/mol. The molecule has 0 bridgehead atoms. The fraction of sp³-hybridized carbons (Fsp3) is 0.364. The topological polar surface area (TPSA) is 52.3 Å². The summed E-state index contributed by atoms with van der Waals surface area (Å²) in [5, 5.41) is 0. The highest BCUT2D eigenvalue weighted by molar-refractivity contribution is 5.91. The van der Waals surface area contributed by atoms with Gasteiger partial charge in [-0.15, -0.1) is 0 Å². The number of benzene rings is 1. The van der Waals surface area contributed by atoms with E-state index in [0.29, 0.717) is 12.1 Å². The molecule has 76 valence electrons. The molecule has 0 unspecified atom stereocenters. The number of ether oxygens (including phenoxy) is 1. The predicted molar refractivity (Wildman–Crippen MR) is 55.3 cm³/mol. The van der Waals surface area contributed by atoms with Crippen LogP contribution < -0.4 is 5.73 Å². The first-order chi connectivity index (χ1) is 6.65. The number of carbonyl (C=O) groups excluding carboxylic acids is 1. The third-order valence-corrected chi connectivity index (χ3v) is 1.95. The van der Waals surface area contributed by atoms with Gasteiger partial charge in [0.05, 0.1) is 5.56 Å². The van der Waals surface area contributed by atoms with E-state index in [9.17, 15) is 4.79 Å². The SMILES string of the molecule is Cc1ccc(C(=O)OCCN)c(C)c1. The van der Waals surface area contributed by atoms with E-state index >= 15 is 0 Å². The lowest BCUT2D eigenvalue weighted by atomic mass is 10.1. The number of nitrogens with two attached hydrogens (primary N) is 1. The Hall–Kier alpha value is -1.35. The van der Waals surface area contributed by atoms with Crippen LogP contribution in [0.25, 0.3) is 0 Å². The average Bonchev–Trinajstić information content (AvgIpc) is 2.14. The third-order valence-electron chi connectivity index (χ3n) is 1.95. The molecule has 0 saturated heterocycles. The minimum absolute atomic E-state index is 0.270. The highest BCUT2D eigenvalue weighted by atomic mass is 16.5. The van der Waals surface area contributed by atoms with Gasteiger partial charge in [-0.3, -0.25) is 0 Å². The van der Waals surface area contributed by atoms with Crippen LogP contribution in [-0.2, 0) is 4.74 Å². The van der Waals surface area contributed by atoms with Crippen molar-refractivity contribution in [2.75, 3.05) is 13.2 Å².